The van der Waals surface area contributed by atoms with E-state index in [0.717, 1.165) is 16.7 Å². The van der Waals surface area contributed by atoms with Gasteiger partial charge < -0.3 is 24.4 Å². The number of methoxy groups -OCH3 is 1. The Hall–Kier alpha value is -3.83. The maximum Gasteiger partial charge on any atom is 0.294 e. The zero-order chi connectivity index (χ0) is 25.5. The van der Waals surface area contributed by atoms with Crippen LogP contribution in [-0.4, -0.2) is 79.3 Å². The lowest BCUT2D eigenvalue weighted by atomic mass is 10.2. The second-order valence-electron chi connectivity index (χ2n) is 7.87. The summed E-state index contributed by atoms with van der Waals surface area (Å²) in [6, 6.07) is 14.0. The van der Waals surface area contributed by atoms with E-state index in [1.807, 2.05) is 18.2 Å². The highest BCUT2D eigenvalue weighted by Crippen LogP contribution is 2.34. The van der Waals surface area contributed by atoms with Gasteiger partial charge in [0, 0.05) is 18.8 Å². The molecule has 2 saturated heterocycles. The van der Waals surface area contributed by atoms with Gasteiger partial charge in [-0.15, -0.1) is 0 Å². The highest BCUT2D eigenvalue weighted by atomic mass is 32.2. The van der Waals surface area contributed by atoms with E-state index in [0.29, 0.717) is 49.1 Å². The molecule has 0 aliphatic carbocycles. The SMILES string of the molecule is COc1cc(/C=C2/SC(=O)N(CC(=O)N3CCOCC3)C2=O)ccc1OCC(=O)Nc1ccccc1. The maximum atomic E-state index is 12.8. The van der Waals surface area contributed by atoms with E-state index in [9.17, 15) is 19.2 Å². The Bertz CT molecular complexity index is 1180. The first-order chi connectivity index (χ1) is 17.4. The molecular weight excluding hydrogens is 486 g/mol. The summed E-state index contributed by atoms with van der Waals surface area (Å²) in [6.07, 6.45) is 1.55. The molecule has 1 N–H and O–H groups in total. The van der Waals surface area contributed by atoms with Gasteiger partial charge in [-0.05, 0) is 47.7 Å². The summed E-state index contributed by atoms with van der Waals surface area (Å²) in [5, 5.41) is 2.24. The quantitative estimate of drug-likeness (QED) is 0.538. The molecule has 0 atom stereocenters. The third kappa shape index (κ3) is 6.23. The number of rotatable bonds is 8. The normalized spacial score (nSPS) is 16.9. The van der Waals surface area contributed by atoms with Crippen LogP contribution < -0.4 is 14.8 Å². The standard InChI is InChI=1S/C25H25N3O7S/c1-33-20-13-17(7-8-19(20)35-16-22(29)26-18-5-3-2-4-6-18)14-21-24(31)28(25(32)36-21)15-23(30)27-9-11-34-12-10-27/h2-8,13-14H,9-12,15-16H2,1H3,(H,26,29)/b21-14+. The summed E-state index contributed by atoms with van der Waals surface area (Å²) in [6.45, 7) is 1.23. The van der Waals surface area contributed by atoms with E-state index in [-0.39, 0.29) is 29.9 Å². The van der Waals surface area contributed by atoms with Crippen molar-refractivity contribution >= 4 is 46.5 Å². The molecule has 0 aromatic heterocycles. The Morgan fingerprint density at radius 3 is 2.56 bits per heavy atom. The van der Waals surface area contributed by atoms with Crippen LogP contribution in [0.5, 0.6) is 11.5 Å². The van der Waals surface area contributed by atoms with E-state index < -0.39 is 11.1 Å². The molecule has 0 radical (unpaired) electrons. The van der Waals surface area contributed by atoms with Crippen molar-refractivity contribution in [3.8, 4) is 11.5 Å². The number of carbonyl (C=O) groups is 4. The molecule has 2 fully saturated rings. The zero-order valence-corrected chi connectivity index (χ0v) is 20.4. The average Bonchev–Trinajstić information content (AvgIpc) is 3.16. The first-order valence-corrected chi connectivity index (χ1v) is 12.0. The second-order valence-corrected chi connectivity index (χ2v) is 8.87. The summed E-state index contributed by atoms with van der Waals surface area (Å²) in [7, 11) is 1.46. The molecule has 2 aromatic carbocycles. The highest BCUT2D eigenvalue weighted by molar-refractivity contribution is 8.18. The third-order valence-electron chi connectivity index (χ3n) is 5.43. The molecule has 2 aromatic rings. The highest BCUT2D eigenvalue weighted by Gasteiger charge is 2.37. The summed E-state index contributed by atoms with van der Waals surface area (Å²) < 4.78 is 16.2. The molecule has 0 spiro atoms. The Balaban J connectivity index is 1.38. The number of ether oxygens (including phenoxy) is 3. The molecule has 2 aliphatic heterocycles. The van der Waals surface area contributed by atoms with Gasteiger partial charge in [0.05, 0.1) is 25.2 Å². The molecule has 36 heavy (non-hydrogen) atoms. The molecule has 10 nitrogen and oxygen atoms in total. The Labute approximate surface area is 212 Å². The van der Waals surface area contributed by atoms with Crippen LogP contribution in [0.15, 0.2) is 53.4 Å². The molecule has 0 bridgehead atoms. The number of para-hydroxylation sites is 1. The zero-order valence-electron chi connectivity index (χ0n) is 19.6. The number of hydrogen-bond donors (Lipinski definition) is 1. The molecule has 4 amide bonds. The minimum Gasteiger partial charge on any atom is -0.493 e. The van der Waals surface area contributed by atoms with Crippen molar-refractivity contribution in [2.75, 3.05) is 51.9 Å². The molecule has 188 valence electrons. The monoisotopic (exact) mass is 511 g/mol. The number of nitrogens with one attached hydrogen (secondary N) is 1. The lowest BCUT2D eigenvalue weighted by Gasteiger charge is -2.28. The number of hydrogen-bond acceptors (Lipinski definition) is 8. The fourth-order valence-electron chi connectivity index (χ4n) is 3.59. The lowest BCUT2D eigenvalue weighted by Crippen LogP contribution is -2.46. The van der Waals surface area contributed by atoms with Crippen LogP contribution in [0, 0.1) is 0 Å². The van der Waals surface area contributed by atoms with E-state index >= 15 is 0 Å². The van der Waals surface area contributed by atoms with Crippen LogP contribution in [-0.2, 0) is 19.1 Å². The smallest absolute Gasteiger partial charge is 0.294 e. The average molecular weight is 512 g/mol. The van der Waals surface area contributed by atoms with Gasteiger partial charge in [-0.25, -0.2) is 0 Å². The van der Waals surface area contributed by atoms with Gasteiger partial charge in [-0.1, -0.05) is 24.3 Å². The number of carbonyl (C=O) groups excluding carboxylic acids is 4. The summed E-state index contributed by atoms with van der Waals surface area (Å²) in [4.78, 5) is 52.6. The Morgan fingerprint density at radius 1 is 1.08 bits per heavy atom. The van der Waals surface area contributed by atoms with E-state index in [1.54, 1.807) is 41.3 Å². The molecule has 11 heteroatoms. The minimum absolute atomic E-state index is 0.202. The fraction of sp³-hybridized carbons (Fsp3) is 0.280. The number of amides is 4. The Morgan fingerprint density at radius 2 is 1.83 bits per heavy atom. The van der Waals surface area contributed by atoms with Crippen LogP contribution in [0.1, 0.15) is 5.56 Å². The fourth-order valence-corrected chi connectivity index (χ4v) is 4.43. The number of anilines is 1. The summed E-state index contributed by atoms with van der Waals surface area (Å²) in [5.74, 6) is -0.433. The van der Waals surface area contributed by atoms with Crippen LogP contribution >= 0.6 is 11.8 Å². The van der Waals surface area contributed by atoms with E-state index in [2.05, 4.69) is 5.32 Å². The van der Waals surface area contributed by atoms with Crippen molar-refractivity contribution in [3.63, 3.8) is 0 Å². The van der Waals surface area contributed by atoms with E-state index in [1.165, 1.54) is 7.11 Å². The lowest BCUT2D eigenvalue weighted by molar-refractivity contribution is -0.139. The molecular formula is C25H25N3O7S. The van der Waals surface area contributed by atoms with Gasteiger partial charge in [0.2, 0.25) is 5.91 Å². The predicted octanol–water partition coefficient (Wildman–Crippen LogP) is 2.61. The van der Waals surface area contributed by atoms with Gasteiger partial charge in [-0.2, -0.15) is 0 Å². The Kier molecular flexibility index (Phi) is 8.24. The van der Waals surface area contributed by atoms with Gasteiger partial charge in [0.1, 0.15) is 6.54 Å². The van der Waals surface area contributed by atoms with Crippen molar-refractivity contribution < 1.29 is 33.4 Å². The molecule has 4 rings (SSSR count). The second kappa shape index (κ2) is 11.7. The van der Waals surface area contributed by atoms with Gasteiger partial charge in [0.15, 0.2) is 18.1 Å². The van der Waals surface area contributed by atoms with Crippen molar-refractivity contribution in [2.24, 2.45) is 0 Å². The molecule has 2 aliphatic rings. The topological polar surface area (TPSA) is 114 Å². The summed E-state index contributed by atoms with van der Waals surface area (Å²) >= 11 is 0.776. The van der Waals surface area contributed by atoms with Crippen molar-refractivity contribution in [2.45, 2.75) is 0 Å². The van der Waals surface area contributed by atoms with Gasteiger partial charge in [-0.3, -0.25) is 24.1 Å². The number of morpholine rings is 1. The molecule has 2 heterocycles. The predicted molar refractivity (Wildman–Crippen MR) is 134 cm³/mol. The number of benzene rings is 2. The minimum atomic E-state index is -0.525. The number of nitrogens with zero attached hydrogens (tertiary/aromatic N) is 2. The number of thioether (sulfide) groups is 1. The van der Waals surface area contributed by atoms with Crippen molar-refractivity contribution in [3.05, 3.63) is 59.0 Å². The largest absolute Gasteiger partial charge is 0.493 e. The number of imide groups is 1. The van der Waals surface area contributed by atoms with Crippen molar-refractivity contribution in [1.29, 1.82) is 0 Å². The van der Waals surface area contributed by atoms with Gasteiger partial charge in [0.25, 0.3) is 17.1 Å². The molecule has 0 saturated carbocycles. The van der Waals surface area contributed by atoms with Gasteiger partial charge >= 0.3 is 0 Å². The van der Waals surface area contributed by atoms with Crippen LogP contribution in [0.3, 0.4) is 0 Å². The summed E-state index contributed by atoms with van der Waals surface area (Å²) in [5.41, 5.74) is 1.26. The van der Waals surface area contributed by atoms with E-state index in [4.69, 9.17) is 14.2 Å². The maximum absolute atomic E-state index is 12.8. The van der Waals surface area contributed by atoms with Crippen LogP contribution in [0.25, 0.3) is 6.08 Å². The first kappa shape index (κ1) is 25.3. The van der Waals surface area contributed by atoms with Crippen molar-refractivity contribution in [1.82, 2.24) is 9.80 Å². The first-order valence-electron chi connectivity index (χ1n) is 11.2. The molecule has 0 unspecified atom stereocenters. The van der Waals surface area contributed by atoms with Crippen LogP contribution in [0.2, 0.25) is 0 Å². The third-order valence-corrected chi connectivity index (χ3v) is 6.34. The van der Waals surface area contributed by atoms with Crippen LogP contribution in [0.4, 0.5) is 10.5 Å².